The van der Waals surface area contributed by atoms with Crippen molar-refractivity contribution in [2.75, 3.05) is 13.1 Å². The lowest BCUT2D eigenvalue weighted by Gasteiger charge is -2.31. The van der Waals surface area contributed by atoms with Gasteiger partial charge in [0.1, 0.15) is 0 Å². The number of aryl methyl sites for hydroxylation is 3. The number of sulfonamides is 2. The van der Waals surface area contributed by atoms with Crippen LogP contribution in [0.25, 0.3) is 0 Å². The Balaban J connectivity index is 1.68. The van der Waals surface area contributed by atoms with Crippen molar-refractivity contribution in [2.24, 2.45) is 0 Å². The second-order valence-corrected chi connectivity index (χ2v) is 11.0. The quantitative estimate of drug-likeness (QED) is 0.803. The van der Waals surface area contributed by atoms with Crippen LogP contribution in [0.1, 0.15) is 29.5 Å². The molecule has 2 aromatic rings. The van der Waals surface area contributed by atoms with E-state index in [0.717, 1.165) is 11.1 Å². The molecule has 0 spiro atoms. The lowest BCUT2D eigenvalue weighted by Crippen LogP contribution is -2.46. The van der Waals surface area contributed by atoms with Gasteiger partial charge in [-0.2, -0.15) is 4.31 Å². The fourth-order valence-corrected chi connectivity index (χ4v) is 6.46. The van der Waals surface area contributed by atoms with Gasteiger partial charge in [0.25, 0.3) is 0 Å². The molecule has 0 bridgehead atoms. The Morgan fingerprint density at radius 2 is 1.43 bits per heavy atom. The Morgan fingerprint density at radius 1 is 0.857 bits per heavy atom. The highest BCUT2D eigenvalue weighted by Gasteiger charge is 2.31. The fourth-order valence-electron chi connectivity index (χ4n) is 3.35. The van der Waals surface area contributed by atoms with Gasteiger partial charge in [-0.1, -0.05) is 29.8 Å². The van der Waals surface area contributed by atoms with Crippen LogP contribution in [0.2, 0.25) is 0 Å². The summed E-state index contributed by atoms with van der Waals surface area (Å²) in [7, 11) is -7.20. The maximum Gasteiger partial charge on any atom is 0.243 e. The molecule has 28 heavy (non-hydrogen) atoms. The lowest BCUT2D eigenvalue weighted by atomic mass is 10.1. The molecular weight excluding hydrogens is 396 g/mol. The van der Waals surface area contributed by atoms with Gasteiger partial charge in [0.05, 0.1) is 9.79 Å². The van der Waals surface area contributed by atoms with Crippen LogP contribution in [0.4, 0.5) is 0 Å². The van der Waals surface area contributed by atoms with Crippen molar-refractivity contribution in [1.82, 2.24) is 9.03 Å². The average molecular weight is 423 g/mol. The number of nitrogens with zero attached hydrogens (tertiary/aromatic N) is 1. The number of hydrogen-bond donors (Lipinski definition) is 1. The van der Waals surface area contributed by atoms with Crippen molar-refractivity contribution in [3.05, 3.63) is 59.2 Å². The second kappa shape index (κ2) is 7.94. The molecule has 1 saturated heterocycles. The van der Waals surface area contributed by atoms with Crippen LogP contribution < -0.4 is 4.72 Å². The van der Waals surface area contributed by atoms with Crippen LogP contribution in [-0.2, 0) is 20.0 Å². The molecule has 2 aromatic carbocycles. The van der Waals surface area contributed by atoms with Crippen LogP contribution in [-0.4, -0.2) is 40.3 Å². The molecule has 1 heterocycles. The molecule has 152 valence electrons. The van der Waals surface area contributed by atoms with E-state index >= 15 is 0 Å². The van der Waals surface area contributed by atoms with Gasteiger partial charge >= 0.3 is 0 Å². The van der Waals surface area contributed by atoms with Crippen LogP contribution in [0.3, 0.4) is 0 Å². The van der Waals surface area contributed by atoms with Gasteiger partial charge in [-0.25, -0.2) is 21.6 Å². The van der Waals surface area contributed by atoms with Gasteiger partial charge in [0.15, 0.2) is 0 Å². The van der Waals surface area contributed by atoms with E-state index in [1.165, 1.54) is 4.31 Å². The summed E-state index contributed by atoms with van der Waals surface area (Å²) in [6.07, 6.45) is 0.879. The van der Waals surface area contributed by atoms with E-state index in [-0.39, 0.29) is 28.9 Å². The second-order valence-electron chi connectivity index (χ2n) is 7.38. The smallest absolute Gasteiger partial charge is 0.208 e. The van der Waals surface area contributed by atoms with E-state index in [4.69, 9.17) is 0 Å². The largest absolute Gasteiger partial charge is 0.243 e. The third-order valence-electron chi connectivity index (χ3n) is 5.07. The first-order chi connectivity index (χ1) is 13.1. The molecule has 1 aliphatic rings. The molecule has 8 heteroatoms. The zero-order chi connectivity index (χ0) is 20.5. The highest BCUT2D eigenvalue weighted by molar-refractivity contribution is 7.89. The molecule has 0 aliphatic carbocycles. The summed E-state index contributed by atoms with van der Waals surface area (Å²) in [5, 5.41) is 0. The van der Waals surface area contributed by atoms with E-state index in [1.54, 1.807) is 43.3 Å². The topological polar surface area (TPSA) is 83.6 Å². The SMILES string of the molecule is Cc1ccc(S(=O)(=O)N2CCC(NS(=O)(=O)c3cc(C)ccc3C)CC2)cc1. The summed E-state index contributed by atoms with van der Waals surface area (Å²) >= 11 is 0. The van der Waals surface area contributed by atoms with Gasteiger partial charge in [-0.15, -0.1) is 0 Å². The van der Waals surface area contributed by atoms with Crippen LogP contribution in [0, 0.1) is 20.8 Å². The van der Waals surface area contributed by atoms with Crippen molar-refractivity contribution in [2.45, 2.75) is 49.4 Å². The van der Waals surface area contributed by atoms with Crippen molar-refractivity contribution < 1.29 is 16.8 Å². The highest BCUT2D eigenvalue weighted by atomic mass is 32.2. The molecule has 0 amide bonds. The number of benzene rings is 2. The van der Waals surface area contributed by atoms with Gasteiger partial charge in [0, 0.05) is 19.1 Å². The Bertz CT molecular complexity index is 1050. The van der Waals surface area contributed by atoms with Crippen molar-refractivity contribution in [1.29, 1.82) is 0 Å². The minimum Gasteiger partial charge on any atom is -0.208 e. The lowest BCUT2D eigenvalue weighted by molar-refractivity contribution is 0.308. The number of nitrogens with one attached hydrogen (secondary N) is 1. The van der Waals surface area contributed by atoms with Crippen molar-refractivity contribution in [3.8, 4) is 0 Å². The first-order valence-electron chi connectivity index (χ1n) is 9.26. The van der Waals surface area contributed by atoms with Crippen LogP contribution >= 0.6 is 0 Å². The van der Waals surface area contributed by atoms with Gasteiger partial charge in [-0.05, 0) is 62.9 Å². The number of rotatable bonds is 5. The molecule has 1 N–H and O–H groups in total. The first kappa shape index (κ1) is 21.0. The summed E-state index contributed by atoms with van der Waals surface area (Å²) in [6.45, 7) is 6.11. The van der Waals surface area contributed by atoms with Crippen molar-refractivity contribution in [3.63, 3.8) is 0 Å². The molecular formula is C20H26N2O4S2. The summed E-state index contributed by atoms with van der Waals surface area (Å²) < 4.78 is 55.3. The predicted molar refractivity (Wildman–Crippen MR) is 109 cm³/mol. The highest BCUT2D eigenvalue weighted by Crippen LogP contribution is 2.23. The Hall–Kier alpha value is -1.74. The molecule has 0 radical (unpaired) electrons. The summed E-state index contributed by atoms with van der Waals surface area (Å²) in [6, 6.07) is 11.8. The summed E-state index contributed by atoms with van der Waals surface area (Å²) in [4.78, 5) is 0.551. The molecule has 0 aromatic heterocycles. The Kier molecular flexibility index (Phi) is 5.95. The Labute approximate surface area is 167 Å². The van der Waals surface area contributed by atoms with E-state index < -0.39 is 20.0 Å². The van der Waals surface area contributed by atoms with Crippen molar-refractivity contribution >= 4 is 20.0 Å². The standard InChI is InChI=1S/C20H26N2O4S2/c1-15-5-8-19(9-6-15)28(25,26)22-12-10-18(11-13-22)21-27(23,24)20-14-16(2)4-7-17(20)3/h4-9,14,18,21H,10-13H2,1-3H3. The molecule has 0 atom stereocenters. The summed E-state index contributed by atoms with van der Waals surface area (Å²) in [5.41, 5.74) is 2.57. The molecule has 1 aliphatic heterocycles. The normalized spacial score (nSPS) is 17.0. The molecule has 0 saturated carbocycles. The zero-order valence-corrected chi connectivity index (χ0v) is 18.0. The number of piperidine rings is 1. The molecule has 3 rings (SSSR count). The maximum atomic E-state index is 12.8. The van der Waals surface area contributed by atoms with Gasteiger partial charge in [0.2, 0.25) is 20.0 Å². The van der Waals surface area contributed by atoms with Gasteiger partial charge in [-0.3, -0.25) is 0 Å². The summed E-state index contributed by atoms with van der Waals surface area (Å²) in [5.74, 6) is 0. The first-order valence-corrected chi connectivity index (χ1v) is 12.2. The van der Waals surface area contributed by atoms with E-state index in [1.807, 2.05) is 19.9 Å². The fraction of sp³-hybridized carbons (Fsp3) is 0.400. The average Bonchev–Trinajstić information content (AvgIpc) is 2.64. The van der Waals surface area contributed by atoms with E-state index in [0.29, 0.717) is 18.4 Å². The maximum absolute atomic E-state index is 12.8. The number of hydrogen-bond acceptors (Lipinski definition) is 4. The van der Waals surface area contributed by atoms with E-state index in [9.17, 15) is 16.8 Å². The third kappa shape index (κ3) is 4.46. The zero-order valence-electron chi connectivity index (χ0n) is 16.3. The minimum atomic E-state index is -3.64. The van der Waals surface area contributed by atoms with Gasteiger partial charge < -0.3 is 0 Å². The molecule has 1 fully saturated rings. The van der Waals surface area contributed by atoms with Crippen LogP contribution in [0.15, 0.2) is 52.3 Å². The minimum absolute atomic E-state index is 0.271. The third-order valence-corrected chi connectivity index (χ3v) is 8.64. The Morgan fingerprint density at radius 3 is 2.04 bits per heavy atom. The predicted octanol–water partition coefficient (Wildman–Crippen LogP) is 2.74. The van der Waals surface area contributed by atoms with Crippen LogP contribution in [0.5, 0.6) is 0 Å². The monoisotopic (exact) mass is 422 g/mol. The molecule has 6 nitrogen and oxygen atoms in total. The molecule has 0 unspecified atom stereocenters. The van der Waals surface area contributed by atoms with E-state index in [2.05, 4.69) is 4.72 Å².